The molecular formula is C16H17O2S+. The Balaban J connectivity index is 1.96. The van der Waals surface area contributed by atoms with E-state index in [1.807, 2.05) is 54.6 Å². The van der Waals surface area contributed by atoms with Gasteiger partial charge in [0.25, 0.3) is 0 Å². The van der Waals surface area contributed by atoms with E-state index in [0.29, 0.717) is 12.2 Å². The molecule has 0 saturated heterocycles. The molecule has 2 rings (SSSR count). The van der Waals surface area contributed by atoms with Crippen LogP contribution in [0, 0.1) is 0 Å². The molecule has 0 N–H and O–H groups in total. The van der Waals surface area contributed by atoms with Gasteiger partial charge in [0.2, 0.25) is 0 Å². The number of hydrogen-bond acceptors (Lipinski definition) is 2. The molecular weight excluding hydrogens is 256 g/mol. The van der Waals surface area contributed by atoms with Gasteiger partial charge in [-0.1, -0.05) is 30.3 Å². The van der Waals surface area contributed by atoms with E-state index in [2.05, 4.69) is 12.5 Å². The third-order valence-corrected chi connectivity index (χ3v) is 3.99. The van der Waals surface area contributed by atoms with Crippen molar-refractivity contribution < 1.29 is 9.53 Å². The summed E-state index contributed by atoms with van der Waals surface area (Å²) >= 11 is 0. The molecule has 0 aliphatic heterocycles. The quantitative estimate of drug-likeness (QED) is 0.631. The number of esters is 1. The minimum absolute atomic E-state index is 0.214. The van der Waals surface area contributed by atoms with Crippen LogP contribution in [0.25, 0.3) is 0 Å². The van der Waals surface area contributed by atoms with Crippen molar-refractivity contribution in [1.29, 1.82) is 0 Å². The van der Waals surface area contributed by atoms with Crippen molar-refractivity contribution in [1.82, 2.24) is 0 Å². The summed E-state index contributed by atoms with van der Waals surface area (Å²) in [5.74, 6) is -0.275. The second-order valence-electron chi connectivity index (χ2n) is 4.40. The van der Waals surface area contributed by atoms with Crippen LogP contribution in [0.3, 0.4) is 0 Å². The monoisotopic (exact) mass is 273 g/mol. The molecule has 2 nitrogen and oxygen atoms in total. The molecule has 0 heterocycles. The molecule has 0 aromatic heterocycles. The minimum Gasteiger partial charge on any atom is -0.457 e. The summed E-state index contributed by atoms with van der Waals surface area (Å²) in [6.07, 6.45) is 4.31. The van der Waals surface area contributed by atoms with E-state index in [4.69, 9.17) is 4.74 Å². The van der Waals surface area contributed by atoms with Gasteiger partial charge in [0, 0.05) is 10.9 Å². The van der Waals surface area contributed by atoms with E-state index in [1.165, 1.54) is 4.90 Å². The van der Waals surface area contributed by atoms with Crippen molar-refractivity contribution in [3.05, 3.63) is 65.7 Å². The topological polar surface area (TPSA) is 26.3 Å². The average Bonchev–Trinajstić information content (AvgIpc) is 2.46. The maximum Gasteiger partial charge on any atom is 0.338 e. The fourth-order valence-corrected chi connectivity index (χ4v) is 2.35. The van der Waals surface area contributed by atoms with Crippen LogP contribution >= 0.6 is 0 Å². The van der Waals surface area contributed by atoms with Gasteiger partial charge >= 0.3 is 5.97 Å². The number of hydrogen-bond donors (Lipinski definition) is 0. The zero-order valence-electron chi connectivity index (χ0n) is 11.1. The van der Waals surface area contributed by atoms with Crippen LogP contribution in [0.5, 0.6) is 0 Å². The summed E-state index contributed by atoms with van der Waals surface area (Å²) in [5, 5.41) is 0. The van der Waals surface area contributed by atoms with Gasteiger partial charge in [-0.2, -0.15) is 0 Å². The van der Waals surface area contributed by atoms with Crippen LogP contribution in [0.4, 0.5) is 0 Å². The van der Waals surface area contributed by atoms with E-state index in [0.717, 1.165) is 5.56 Å². The molecule has 3 heteroatoms. The first-order chi connectivity index (χ1) is 9.16. The van der Waals surface area contributed by atoms with E-state index in [9.17, 15) is 4.79 Å². The molecule has 2 aromatic rings. The highest BCUT2D eigenvalue weighted by atomic mass is 32.2. The normalized spacial score (nSPS) is 10.5. The highest BCUT2D eigenvalue weighted by Gasteiger charge is 2.11. The molecule has 0 amide bonds. The fraction of sp³-hybridized carbons (Fsp3) is 0.188. The van der Waals surface area contributed by atoms with Crippen LogP contribution < -0.4 is 0 Å². The summed E-state index contributed by atoms with van der Waals surface area (Å²) < 4.78 is 5.28. The highest BCUT2D eigenvalue weighted by molar-refractivity contribution is 7.95. The zero-order valence-corrected chi connectivity index (χ0v) is 11.9. The smallest absolute Gasteiger partial charge is 0.338 e. The standard InChI is InChI=1S/C16H17O2S/c1-19(2)15-10-8-14(9-11-15)16(17)18-12-13-6-4-3-5-7-13/h3-11H,12H2,1-2H3/q+1. The summed E-state index contributed by atoms with van der Waals surface area (Å²) in [4.78, 5) is 13.1. The Hall–Kier alpha value is -1.74. The van der Waals surface area contributed by atoms with Crippen molar-refractivity contribution in [2.45, 2.75) is 11.5 Å². The van der Waals surface area contributed by atoms with Gasteiger partial charge in [0.15, 0.2) is 4.90 Å². The first-order valence-corrected chi connectivity index (χ1v) is 8.09. The maximum absolute atomic E-state index is 11.9. The molecule has 0 radical (unpaired) electrons. The fourth-order valence-electron chi connectivity index (χ4n) is 1.67. The van der Waals surface area contributed by atoms with E-state index < -0.39 is 0 Å². The number of carbonyl (C=O) groups excluding carboxylic acids is 1. The Kier molecular flexibility index (Phi) is 4.63. The zero-order chi connectivity index (χ0) is 13.7. The van der Waals surface area contributed by atoms with Gasteiger partial charge in [-0.15, -0.1) is 0 Å². The van der Waals surface area contributed by atoms with E-state index >= 15 is 0 Å². The van der Waals surface area contributed by atoms with Crippen molar-refractivity contribution in [2.24, 2.45) is 0 Å². The SMILES string of the molecule is C[S+](C)c1ccc(C(=O)OCc2ccccc2)cc1. The Morgan fingerprint density at radius 2 is 1.63 bits per heavy atom. The first kappa shape index (κ1) is 13.7. The van der Waals surface area contributed by atoms with Crippen molar-refractivity contribution in [3.63, 3.8) is 0 Å². The lowest BCUT2D eigenvalue weighted by atomic mass is 10.2. The van der Waals surface area contributed by atoms with E-state index in [1.54, 1.807) is 0 Å². The maximum atomic E-state index is 11.9. The van der Waals surface area contributed by atoms with E-state index in [-0.39, 0.29) is 16.9 Å². The van der Waals surface area contributed by atoms with Gasteiger partial charge in [0.05, 0.1) is 5.56 Å². The number of benzene rings is 2. The Morgan fingerprint density at radius 1 is 1.00 bits per heavy atom. The van der Waals surface area contributed by atoms with Crippen LogP contribution in [0.2, 0.25) is 0 Å². The van der Waals surface area contributed by atoms with Crippen LogP contribution in [0.1, 0.15) is 15.9 Å². The first-order valence-electron chi connectivity index (χ1n) is 6.05. The molecule has 0 spiro atoms. The van der Waals surface area contributed by atoms with Crippen molar-refractivity contribution in [2.75, 3.05) is 12.5 Å². The number of carbonyl (C=O) groups is 1. The molecule has 0 atom stereocenters. The number of ether oxygens (including phenoxy) is 1. The van der Waals surface area contributed by atoms with Gasteiger partial charge in [-0.25, -0.2) is 4.79 Å². The van der Waals surface area contributed by atoms with Gasteiger partial charge < -0.3 is 4.74 Å². The lowest BCUT2D eigenvalue weighted by molar-refractivity contribution is 0.0472. The average molecular weight is 273 g/mol. The molecule has 0 fully saturated rings. The van der Waals surface area contributed by atoms with Gasteiger partial charge in [0.1, 0.15) is 19.1 Å². The molecule has 98 valence electrons. The third kappa shape index (κ3) is 3.86. The van der Waals surface area contributed by atoms with Gasteiger partial charge in [-0.05, 0) is 29.8 Å². The van der Waals surface area contributed by atoms with Gasteiger partial charge in [-0.3, -0.25) is 0 Å². The van der Waals surface area contributed by atoms with Crippen LogP contribution in [-0.2, 0) is 22.2 Å². The van der Waals surface area contributed by atoms with Crippen LogP contribution in [0.15, 0.2) is 59.5 Å². The van der Waals surface area contributed by atoms with Crippen molar-refractivity contribution >= 4 is 16.9 Å². The Bertz CT molecular complexity index is 532. The molecule has 19 heavy (non-hydrogen) atoms. The molecule has 0 aliphatic rings. The predicted molar refractivity (Wildman–Crippen MR) is 79.5 cm³/mol. The largest absolute Gasteiger partial charge is 0.457 e. The molecule has 0 bridgehead atoms. The second kappa shape index (κ2) is 6.43. The second-order valence-corrected chi connectivity index (χ2v) is 6.51. The number of rotatable bonds is 4. The Labute approximate surface area is 116 Å². The molecule has 2 aromatic carbocycles. The van der Waals surface area contributed by atoms with Crippen molar-refractivity contribution in [3.8, 4) is 0 Å². The summed E-state index contributed by atoms with van der Waals surface area (Å²) in [6, 6.07) is 17.3. The molecule has 0 saturated carbocycles. The molecule has 0 aliphatic carbocycles. The molecule has 0 unspecified atom stereocenters. The summed E-state index contributed by atoms with van der Waals surface area (Å²) in [5.41, 5.74) is 1.60. The summed E-state index contributed by atoms with van der Waals surface area (Å²) in [6.45, 7) is 0.313. The van der Waals surface area contributed by atoms with Crippen LogP contribution in [-0.4, -0.2) is 18.5 Å². The Morgan fingerprint density at radius 3 is 2.21 bits per heavy atom. The predicted octanol–water partition coefficient (Wildman–Crippen LogP) is 3.28. The lowest BCUT2D eigenvalue weighted by Crippen LogP contribution is -2.05. The highest BCUT2D eigenvalue weighted by Crippen LogP contribution is 2.12. The summed E-state index contributed by atoms with van der Waals surface area (Å²) in [7, 11) is 0.214. The third-order valence-electron chi connectivity index (χ3n) is 2.77. The lowest BCUT2D eigenvalue weighted by Gasteiger charge is -2.05. The minimum atomic E-state index is -0.275.